The second-order valence-electron chi connectivity index (χ2n) is 9.89. The molecule has 2 atom stereocenters. The standard InChI is InChI=1S/C30H28N6O2S/c1-19(14-21-8-4-3-5-9-21)27-34-35-28(38-27)25-16-23(15-24(33-25)22-10-6-12-31-17-22)30(37)36-13-7-11-26(36)29-32-20(2)18-39-29/h3-6,8-10,12,15-19,26H,7,11,13-14H2,1-2H3. The van der Waals surface area contributed by atoms with E-state index in [2.05, 4.69) is 39.2 Å². The zero-order valence-electron chi connectivity index (χ0n) is 21.8. The molecule has 1 saturated heterocycles. The number of benzene rings is 1. The molecule has 1 aliphatic rings. The Bertz CT molecular complexity index is 1580. The maximum atomic E-state index is 13.9. The molecule has 1 aromatic carbocycles. The Morgan fingerprint density at radius 1 is 1.10 bits per heavy atom. The van der Waals surface area contributed by atoms with Crippen LogP contribution in [0.4, 0.5) is 0 Å². The summed E-state index contributed by atoms with van der Waals surface area (Å²) in [4.78, 5) is 29.6. The van der Waals surface area contributed by atoms with E-state index in [-0.39, 0.29) is 17.9 Å². The van der Waals surface area contributed by atoms with E-state index in [1.54, 1.807) is 29.8 Å². The maximum absolute atomic E-state index is 13.9. The number of amides is 1. The fourth-order valence-corrected chi connectivity index (χ4v) is 5.92. The number of likely N-dealkylation sites (tertiary alicyclic amines) is 1. The molecule has 0 saturated carbocycles. The molecule has 8 nitrogen and oxygen atoms in total. The third-order valence-electron chi connectivity index (χ3n) is 6.93. The summed E-state index contributed by atoms with van der Waals surface area (Å²) < 4.78 is 6.11. The van der Waals surface area contributed by atoms with Crippen molar-refractivity contribution in [2.75, 3.05) is 6.54 Å². The first-order valence-corrected chi connectivity index (χ1v) is 14.0. The van der Waals surface area contributed by atoms with E-state index in [9.17, 15) is 4.79 Å². The number of thiazole rings is 1. The SMILES string of the molecule is Cc1csc(C2CCCN2C(=O)c2cc(-c3cccnc3)nc(-c3nnc(C(C)Cc4ccccc4)o3)c2)n1. The van der Waals surface area contributed by atoms with Gasteiger partial charge in [-0.2, -0.15) is 0 Å². The second-order valence-corrected chi connectivity index (χ2v) is 10.8. The lowest BCUT2D eigenvalue weighted by Gasteiger charge is -2.23. The quantitative estimate of drug-likeness (QED) is 0.241. The summed E-state index contributed by atoms with van der Waals surface area (Å²) >= 11 is 1.61. The van der Waals surface area contributed by atoms with Crippen LogP contribution in [0.15, 0.2) is 76.8 Å². The van der Waals surface area contributed by atoms with Gasteiger partial charge in [0.2, 0.25) is 5.89 Å². The monoisotopic (exact) mass is 536 g/mol. The second kappa shape index (κ2) is 10.9. The van der Waals surface area contributed by atoms with Crippen LogP contribution in [-0.4, -0.2) is 42.5 Å². The van der Waals surface area contributed by atoms with Crippen molar-refractivity contribution < 1.29 is 9.21 Å². The molecule has 0 bridgehead atoms. The van der Waals surface area contributed by atoms with Gasteiger partial charge >= 0.3 is 0 Å². The molecular formula is C30H28N6O2S. The Kier molecular flexibility index (Phi) is 6.98. The van der Waals surface area contributed by atoms with Gasteiger partial charge in [0.1, 0.15) is 10.7 Å². The molecule has 0 radical (unpaired) electrons. The zero-order valence-corrected chi connectivity index (χ0v) is 22.6. The summed E-state index contributed by atoms with van der Waals surface area (Å²) in [5.74, 6) is 0.798. The van der Waals surface area contributed by atoms with Crippen molar-refractivity contribution in [1.82, 2.24) is 30.0 Å². The Morgan fingerprint density at radius 3 is 2.72 bits per heavy atom. The van der Waals surface area contributed by atoms with Crippen LogP contribution in [0.5, 0.6) is 0 Å². The Labute approximate surface area is 230 Å². The van der Waals surface area contributed by atoms with Gasteiger partial charge in [0.25, 0.3) is 11.8 Å². The number of carbonyl (C=O) groups is 1. The predicted octanol–water partition coefficient (Wildman–Crippen LogP) is 6.28. The number of aromatic nitrogens is 5. The molecule has 0 spiro atoms. The highest BCUT2D eigenvalue weighted by molar-refractivity contribution is 7.09. The zero-order chi connectivity index (χ0) is 26.8. The van der Waals surface area contributed by atoms with Crippen molar-refractivity contribution in [3.8, 4) is 22.8 Å². The number of aryl methyl sites for hydroxylation is 1. The van der Waals surface area contributed by atoms with Crippen molar-refractivity contribution in [2.24, 2.45) is 0 Å². The van der Waals surface area contributed by atoms with E-state index in [4.69, 9.17) is 9.40 Å². The van der Waals surface area contributed by atoms with Crippen LogP contribution in [-0.2, 0) is 6.42 Å². The van der Waals surface area contributed by atoms with Gasteiger partial charge in [-0.15, -0.1) is 21.5 Å². The topological polar surface area (TPSA) is 97.9 Å². The maximum Gasteiger partial charge on any atom is 0.266 e. The van der Waals surface area contributed by atoms with Gasteiger partial charge in [0, 0.05) is 47.1 Å². The normalized spacial score (nSPS) is 15.9. The highest BCUT2D eigenvalue weighted by Gasteiger charge is 2.33. The molecule has 1 aliphatic heterocycles. The molecule has 196 valence electrons. The fraction of sp³-hybridized carbons (Fsp3) is 0.267. The Hall–Kier alpha value is -4.24. The van der Waals surface area contributed by atoms with Crippen molar-refractivity contribution in [3.05, 3.63) is 100 Å². The number of carbonyl (C=O) groups excluding carboxylic acids is 1. The van der Waals surface area contributed by atoms with Gasteiger partial charge in [0.15, 0.2) is 0 Å². The molecule has 0 aliphatic carbocycles. The summed E-state index contributed by atoms with van der Waals surface area (Å²) in [6, 6.07) is 17.5. The molecule has 9 heteroatoms. The highest BCUT2D eigenvalue weighted by Crippen LogP contribution is 2.36. The molecule has 5 aromatic rings. The smallest absolute Gasteiger partial charge is 0.266 e. The molecular weight excluding hydrogens is 508 g/mol. The number of hydrogen-bond donors (Lipinski definition) is 0. The summed E-state index contributed by atoms with van der Waals surface area (Å²) in [5.41, 5.74) is 4.60. The number of hydrogen-bond acceptors (Lipinski definition) is 8. The molecule has 4 aromatic heterocycles. The van der Waals surface area contributed by atoms with Gasteiger partial charge < -0.3 is 9.32 Å². The molecule has 6 rings (SSSR count). The minimum absolute atomic E-state index is 0.0245. The molecule has 5 heterocycles. The Balaban J connectivity index is 1.34. The summed E-state index contributed by atoms with van der Waals surface area (Å²) in [6.07, 6.45) is 6.07. The van der Waals surface area contributed by atoms with Crippen LogP contribution in [0.2, 0.25) is 0 Å². The lowest BCUT2D eigenvalue weighted by molar-refractivity contribution is 0.0735. The first-order valence-electron chi connectivity index (χ1n) is 13.1. The molecule has 39 heavy (non-hydrogen) atoms. The molecule has 0 N–H and O–H groups in total. The summed E-state index contributed by atoms with van der Waals surface area (Å²) in [7, 11) is 0. The van der Waals surface area contributed by atoms with Gasteiger partial charge in [-0.3, -0.25) is 9.78 Å². The molecule has 1 amide bonds. The van der Waals surface area contributed by atoms with Gasteiger partial charge in [-0.05, 0) is 56.0 Å². The lowest BCUT2D eigenvalue weighted by Crippen LogP contribution is -2.30. The third-order valence-corrected chi connectivity index (χ3v) is 7.99. The molecule has 1 fully saturated rings. The van der Waals surface area contributed by atoms with E-state index in [0.29, 0.717) is 35.3 Å². The van der Waals surface area contributed by atoms with Crippen LogP contribution < -0.4 is 0 Å². The lowest BCUT2D eigenvalue weighted by atomic mass is 10.0. The van der Waals surface area contributed by atoms with E-state index in [1.807, 2.05) is 53.6 Å². The molecule has 2 unspecified atom stereocenters. The predicted molar refractivity (Wildman–Crippen MR) is 149 cm³/mol. The van der Waals surface area contributed by atoms with Crippen LogP contribution in [0, 0.1) is 6.92 Å². The number of rotatable bonds is 7. The number of pyridine rings is 2. The van der Waals surface area contributed by atoms with Crippen LogP contribution in [0.1, 0.15) is 64.2 Å². The summed E-state index contributed by atoms with van der Waals surface area (Å²) in [5, 5.41) is 11.7. The average molecular weight is 537 g/mol. The van der Waals surface area contributed by atoms with E-state index in [0.717, 1.165) is 35.5 Å². The van der Waals surface area contributed by atoms with Crippen LogP contribution in [0.25, 0.3) is 22.8 Å². The average Bonchev–Trinajstić information content (AvgIpc) is 3.74. The van der Waals surface area contributed by atoms with E-state index >= 15 is 0 Å². The highest BCUT2D eigenvalue weighted by atomic mass is 32.1. The largest absolute Gasteiger partial charge is 0.419 e. The fourth-order valence-electron chi connectivity index (χ4n) is 4.98. The summed E-state index contributed by atoms with van der Waals surface area (Å²) in [6.45, 7) is 4.73. The van der Waals surface area contributed by atoms with Gasteiger partial charge in [-0.1, -0.05) is 37.3 Å². The van der Waals surface area contributed by atoms with Crippen molar-refractivity contribution >= 4 is 17.2 Å². The van der Waals surface area contributed by atoms with Crippen molar-refractivity contribution in [3.63, 3.8) is 0 Å². The number of nitrogens with zero attached hydrogens (tertiary/aromatic N) is 6. The minimum atomic E-state index is -0.0590. The van der Waals surface area contributed by atoms with Crippen molar-refractivity contribution in [2.45, 2.75) is 45.1 Å². The van der Waals surface area contributed by atoms with E-state index in [1.165, 1.54) is 5.56 Å². The minimum Gasteiger partial charge on any atom is -0.419 e. The first kappa shape index (κ1) is 25.1. The van der Waals surface area contributed by atoms with Gasteiger partial charge in [0.05, 0.1) is 11.7 Å². The van der Waals surface area contributed by atoms with Crippen molar-refractivity contribution in [1.29, 1.82) is 0 Å². The first-order chi connectivity index (χ1) is 19.0. The Morgan fingerprint density at radius 2 is 1.95 bits per heavy atom. The van der Waals surface area contributed by atoms with E-state index < -0.39 is 0 Å². The third kappa shape index (κ3) is 5.35. The van der Waals surface area contributed by atoms with Gasteiger partial charge in [-0.25, -0.2) is 9.97 Å². The van der Waals surface area contributed by atoms with Crippen LogP contribution in [0.3, 0.4) is 0 Å². The van der Waals surface area contributed by atoms with Crippen LogP contribution >= 0.6 is 11.3 Å².